The van der Waals surface area contributed by atoms with Crippen molar-refractivity contribution in [1.82, 2.24) is 4.90 Å². The van der Waals surface area contributed by atoms with Crippen molar-refractivity contribution in [2.45, 2.75) is 18.7 Å². The smallest absolute Gasteiger partial charge is 0.232 e. The lowest BCUT2D eigenvalue weighted by molar-refractivity contribution is -0.129. The number of thioether (sulfide) groups is 1. The highest BCUT2D eigenvalue weighted by Crippen LogP contribution is 2.17. The Balaban J connectivity index is 1.90. The number of halogens is 1. The summed E-state index contributed by atoms with van der Waals surface area (Å²) in [6, 6.07) is 17.3. The zero-order valence-corrected chi connectivity index (χ0v) is 15.4. The van der Waals surface area contributed by atoms with E-state index in [0.717, 1.165) is 11.1 Å². The van der Waals surface area contributed by atoms with Crippen LogP contribution in [0.3, 0.4) is 0 Å². The van der Waals surface area contributed by atoms with Gasteiger partial charge < -0.3 is 10.6 Å². The summed E-state index contributed by atoms with van der Waals surface area (Å²) >= 11 is 7.50. The van der Waals surface area contributed by atoms with E-state index in [9.17, 15) is 9.59 Å². The van der Waals surface area contributed by atoms with Crippen LogP contribution >= 0.6 is 23.4 Å². The third-order valence-electron chi connectivity index (χ3n) is 3.58. The zero-order chi connectivity index (χ0) is 18.1. The molecule has 0 aliphatic heterocycles. The lowest BCUT2D eigenvalue weighted by atomic mass is 10.2. The van der Waals surface area contributed by atoms with Crippen LogP contribution in [0, 0.1) is 0 Å². The molecule has 0 heterocycles. The predicted molar refractivity (Wildman–Crippen MR) is 103 cm³/mol. The fourth-order valence-electron chi connectivity index (χ4n) is 2.32. The van der Waals surface area contributed by atoms with Crippen LogP contribution < -0.4 is 5.73 Å². The van der Waals surface area contributed by atoms with Gasteiger partial charge in [0, 0.05) is 30.3 Å². The van der Waals surface area contributed by atoms with Gasteiger partial charge >= 0.3 is 0 Å². The number of benzene rings is 2. The van der Waals surface area contributed by atoms with Crippen molar-refractivity contribution in [3.8, 4) is 0 Å². The highest BCUT2D eigenvalue weighted by molar-refractivity contribution is 7.99. The van der Waals surface area contributed by atoms with E-state index in [2.05, 4.69) is 0 Å². The van der Waals surface area contributed by atoms with Gasteiger partial charge in [-0.25, -0.2) is 0 Å². The molecule has 6 heteroatoms. The molecule has 0 saturated carbocycles. The largest absolute Gasteiger partial charge is 0.370 e. The first kappa shape index (κ1) is 19.3. The van der Waals surface area contributed by atoms with Gasteiger partial charge in [0.15, 0.2) is 0 Å². The first-order valence-corrected chi connectivity index (χ1v) is 9.50. The second-order valence-corrected chi connectivity index (χ2v) is 7.06. The summed E-state index contributed by atoms with van der Waals surface area (Å²) in [7, 11) is 0. The van der Waals surface area contributed by atoms with Crippen LogP contribution in [0.4, 0.5) is 0 Å². The van der Waals surface area contributed by atoms with E-state index in [1.54, 1.807) is 4.90 Å². The SMILES string of the molecule is NC(=O)CCN(Cc1ccccc1)C(=O)CSCc1cccc(Cl)c1. The summed E-state index contributed by atoms with van der Waals surface area (Å²) in [6.45, 7) is 0.811. The van der Waals surface area contributed by atoms with Crippen molar-refractivity contribution in [3.05, 3.63) is 70.7 Å². The van der Waals surface area contributed by atoms with Crippen LogP contribution in [0.25, 0.3) is 0 Å². The number of rotatable bonds is 9. The molecule has 2 aromatic carbocycles. The number of amides is 2. The molecule has 0 unspecified atom stereocenters. The summed E-state index contributed by atoms with van der Waals surface area (Å²) < 4.78 is 0. The molecule has 0 saturated heterocycles. The molecule has 2 amide bonds. The van der Waals surface area contributed by atoms with E-state index in [1.165, 1.54) is 11.8 Å². The quantitative estimate of drug-likeness (QED) is 0.728. The summed E-state index contributed by atoms with van der Waals surface area (Å²) in [4.78, 5) is 25.3. The summed E-state index contributed by atoms with van der Waals surface area (Å²) in [5.41, 5.74) is 7.34. The number of carbonyl (C=O) groups excluding carboxylic acids is 2. The molecule has 0 bridgehead atoms. The topological polar surface area (TPSA) is 63.4 Å². The van der Waals surface area contributed by atoms with E-state index < -0.39 is 5.91 Å². The number of nitrogens with zero attached hydrogens (tertiary/aromatic N) is 1. The highest BCUT2D eigenvalue weighted by Gasteiger charge is 2.15. The van der Waals surface area contributed by atoms with Gasteiger partial charge in [0.1, 0.15) is 0 Å². The Labute approximate surface area is 157 Å². The lowest BCUT2D eigenvalue weighted by Crippen LogP contribution is -2.34. The minimum Gasteiger partial charge on any atom is -0.370 e. The molecule has 2 aromatic rings. The molecule has 0 radical (unpaired) electrons. The molecular weight excluding hydrogens is 356 g/mol. The van der Waals surface area contributed by atoms with Crippen LogP contribution in [0.1, 0.15) is 17.5 Å². The Morgan fingerprint density at radius 1 is 1.04 bits per heavy atom. The molecule has 0 aliphatic carbocycles. The minimum absolute atomic E-state index is 0.00266. The van der Waals surface area contributed by atoms with E-state index in [4.69, 9.17) is 17.3 Å². The molecule has 0 aliphatic rings. The van der Waals surface area contributed by atoms with Crippen LogP contribution in [-0.2, 0) is 21.9 Å². The molecule has 132 valence electrons. The van der Waals surface area contributed by atoms with Crippen molar-refractivity contribution in [3.63, 3.8) is 0 Å². The Bertz CT molecular complexity index is 710. The van der Waals surface area contributed by atoms with Crippen molar-refractivity contribution in [1.29, 1.82) is 0 Å². The van der Waals surface area contributed by atoms with E-state index >= 15 is 0 Å². The Hall–Kier alpha value is -1.98. The molecule has 4 nitrogen and oxygen atoms in total. The Morgan fingerprint density at radius 2 is 1.76 bits per heavy atom. The van der Waals surface area contributed by atoms with Gasteiger partial charge in [0.2, 0.25) is 11.8 Å². The van der Waals surface area contributed by atoms with Gasteiger partial charge in [0.05, 0.1) is 5.75 Å². The lowest BCUT2D eigenvalue weighted by Gasteiger charge is -2.22. The second-order valence-electron chi connectivity index (χ2n) is 5.64. The second kappa shape index (κ2) is 10.1. The Kier molecular flexibility index (Phi) is 7.82. The van der Waals surface area contributed by atoms with Gasteiger partial charge in [-0.2, -0.15) is 0 Å². The van der Waals surface area contributed by atoms with Crippen molar-refractivity contribution < 1.29 is 9.59 Å². The third-order valence-corrected chi connectivity index (χ3v) is 4.80. The van der Waals surface area contributed by atoms with E-state index in [1.807, 2.05) is 54.6 Å². The average Bonchev–Trinajstić information content (AvgIpc) is 2.59. The minimum atomic E-state index is -0.405. The number of nitrogens with two attached hydrogens (primary N) is 1. The molecule has 2 rings (SSSR count). The van der Waals surface area contributed by atoms with Gasteiger partial charge in [0.25, 0.3) is 0 Å². The van der Waals surface area contributed by atoms with E-state index in [-0.39, 0.29) is 12.3 Å². The highest BCUT2D eigenvalue weighted by atomic mass is 35.5. The Morgan fingerprint density at radius 3 is 2.44 bits per heavy atom. The fourth-order valence-corrected chi connectivity index (χ4v) is 3.40. The number of hydrogen-bond donors (Lipinski definition) is 1. The van der Waals surface area contributed by atoms with Crippen molar-refractivity contribution >= 4 is 35.2 Å². The van der Waals surface area contributed by atoms with Gasteiger partial charge in [-0.3, -0.25) is 9.59 Å². The fraction of sp³-hybridized carbons (Fsp3) is 0.263. The molecule has 0 spiro atoms. The van der Waals surface area contributed by atoms with Crippen LogP contribution in [0.2, 0.25) is 5.02 Å². The third kappa shape index (κ3) is 7.20. The maximum atomic E-state index is 12.5. The molecule has 25 heavy (non-hydrogen) atoms. The average molecular weight is 377 g/mol. The summed E-state index contributed by atoms with van der Waals surface area (Å²) in [6.07, 6.45) is 0.164. The predicted octanol–water partition coefficient (Wildman–Crippen LogP) is 3.48. The standard InChI is InChI=1S/C19H21ClN2O2S/c20-17-8-4-7-16(11-17)13-25-14-19(24)22(10-9-18(21)23)12-15-5-2-1-3-6-15/h1-8,11H,9-10,12-14H2,(H2,21,23). The van der Waals surface area contributed by atoms with Gasteiger partial charge in [-0.1, -0.05) is 54.1 Å². The van der Waals surface area contributed by atoms with Crippen molar-refractivity contribution in [2.24, 2.45) is 5.73 Å². The molecular formula is C19H21ClN2O2S. The zero-order valence-electron chi connectivity index (χ0n) is 13.9. The molecule has 0 aromatic heterocycles. The molecule has 0 atom stereocenters. The van der Waals surface area contributed by atoms with Crippen LogP contribution in [0.15, 0.2) is 54.6 Å². The van der Waals surface area contributed by atoms with Gasteiger partial charge in [-0.05, 0) is 23.3 Å². The van der Waals surface area contributed by atoms with Crippen LogP contribution in [0.5, 0.6) is 0 Å². The number of primary amides is 1. The maximum Gasteiger partial charge on any atom is 0.232 e. The van der Waals surface area contributed by atoms with Crippen LogP contribution in [-0.4, -0.2) is 29.0 Å². The summed E-state index contributed by atoms with van der Waals surface area (Å²) in [5.74, 6) is 0.647. The van der Waals surface area contributed by atoms with E-state index in [0.29, 0.717) is 29.6 Å². The monoisotopic (exact) mass is 376 g/mol. The molecule has 0 fully saturated rings. The first-order valence-electron chi connectivity index (χ1n) is 7.97. The molecule has 2 N–H and O–H groups in total. The number of carbonyl (C=O) groups is 2. The van der Waals surface area contributed by atoms with Crippen molar-refractivity contribution in [2.75, 3.05) is 12.3 Å². The normalized spacial score (nSPS) is 10.4. The first-order chi connectivity index (χ1) is 12.0. The number of hydrogen-bond acceptors (Lipinski definition) is 3. The maximum absolute atomic E-state index is 12.5. The van der Waals surface area contributed by atoms with Gasteiger partial charge in [-0.15, -0.1) is 11.8 Å². The summed E-state index contributed by atoms with van der Waals surface area (Å²) in [5, 5.41) is 0.691.